The van der Waals surface area contributed by atoms with Gasteiger partial charge < -0.3 is 4.74 Å². The Kier molecular flexibility index (Phi) is 3.62. The third kappa shape index (κ3) is 2.75. The molecular weight excluding hydrogens is 216 g/mol. The first-order chi connectivity index (χ1) is 8.15. The lowest BCUT2D eigenvalue weighted by Crippen LogP contribution is -2.41. The van der Waals surface area contributed by atoms with Gasteiger partial charge in [-0.05, 0) is 31.7 Å². The van der Waals surface area contributed by atoms with Crippen molar-refractivity contribution in [2.24, 2.45) is 7.05 Å². The summed E-state index contributed by atoms with van der Waals surface area (Å²) >= 11 is 0. The van der Waals surface area contributed by atoms with E-state index in [1.54, 1.807) is 13.3 Å². The molecule has 0 radical (unpaired) electrons. The van der Waals surface area contributed by atoms with E-state index in [0.29, 0.717) is 18.6 Å². The molecule has 0 atom stereocenters. The van der Waals surface area contributed by atoms with Crippen LogP contribution < -0.4 is 0 Å². The highest BCUT2D eigenvalue weighted by atomic mass is 16.5. The first-order valence-corrected chi connectivity index (χ1v) is 6.19. The van der Waals surface area contributed by atoms with Crippen molar-refractivity contribution in [2.45, 2.75) is 44.1 Å². The standard InChI is InChI=1S/C13H20N2O2/c1-15-11(6-9-14-15)4-5-12(16)10-13(17-2)7-3-8-13/h6,9H,3-5,7-8,10H2,1-2H3. The van der Waals surface area contributed by atoms with Crippen LogP contribution in [0.3, 0.4) is 0 Å². The van der Waals surface area contributed by atoms with Crippen LogP contribution >= 0.6 is 0 Å². The number of nitrogens with zero attached hydrogens (tertiary/aromatic N) is 2. The Morgan fingerprint density at radius 2 is 2.35 bits per heavy atom. The van der Waals surface area contributed by atoms with Gasteiger partial charge in [-0.1, -0.05) is 0 Å². The van der Waals surface area contributed by atoms with Crippen molar-refractivity contribution in [1.29, 1.82) is 0 Å². The van der Waals surface area contributed by atoms with Crippen LogP contribution in [-0.4, -0.2) is 28.3 Å². The number of Topliss-reactive ketones (excluding diaryl/α,β-unsaturated/α-hetero) is 1. The summed E-state index contributed by atoms with van der Waals surface area (Å²) in [6.07, 6.45) is 6.94. The number of aromatic nitrogens is 2. The molecule has 0 aromatic carbocycles. The van der Waals surface area contributed by atoms with E-state index in [1.807, 2.05) is 17.8 Å². The fraction of sp³-hybridized carbons (Fsp3) is 0.692. The highest BCUT2D eigenvalue weighted by molar-refractivity contribution is 5.79. The van der Waals surface area contributed by atoms with E-state index in [0.717, 1.165) is 25.0 Å². The number of aryl methyl sites for hydroxylation is 2. The average molecular weight is 236 g/mol. The lowest BCUT2D eigenvalue weighted by atomic mass is 9.76. The molecule has 4 heteroatoms. The Morgan fingerprint density at radius 3 is 2.82 bits per heavy atom. The van der Waals surface area contributed by atoms with Gasteiger partial charge in [0.15, 0.2) is 0 Å². The van der Waals surface area contributed by atoms with Crippen LogP contribution in [0.15, 0.2) is 12.3 Å². The van der Waals surface area contributed by atoms with E-state index in [2.05, 4.69) is 5.10 Å². The molecule has 17 heavy (non-hydrogen) atoms. The van der Waals surface area contributed by atoms with Crippen LogP contribution in [-0.2, 0) is 23.0 Å². The van der Waals surface area contributed by atoms with Crippen molar-refractivity contribution in [3.8, 4) is 0 Å². The molecule has 4 nitrogen and oxygen atoms in total. The zero-order valence-electron chi connectivity index (χ0n) is 10.6. The molecule has 2 rings (SSSR count). The maximum Gasteiger partial charge on any atom is 0.136 e. The summed E-state index contributed by atoms with van der Waals surface area (Å²) in [6.45, 7) is 0. The predicted octanol–water partition coefficient (Wildman–Crippen LogP) is 1.88. The van der Waals surface area contributed by atoms with Crippen LogP contribution in [0, 0.1) is 0 Å². The third-order valence-corrected chi connectivity index (χ3v) is 3.80. The molecule has 1 heterocycles. The Labute approximate surface area is 102 Å². The molecule has 0 amide bonds. The van der Waals surface area contributed by atoms with Gasteiger partial charge >= 0.3 is 0 Å². The van der Waals surface area contributed by atoms with Gasteiger partial charge in [0.25, 0.3) is 0 Å². The molecule has 1 aromatic heterocycles. The molecule has 1 aliphatic rings. The van der Waals surface area contributed by atoms with Crippen molar-refractivity contribution in [1.82, 2.24) is 9.78 Å². The molecule has 0 aliphatic heterocycles. The molecule has 0 saturated heterocycles. The molecule has 1 saturated carbocycles. The first kappa shape index (κ1) is 12.3. The van der Waals surface area contributed by atoms with Crippen molar-refractivity contribution < 1.29 is 9.53 Å². The number of hydrogen-bond acceptors (Lipinski definition) is 3. The molecular formula is C13H20N2O2. The number of carbonyl (C=O) groups excluding carboxylic acids is 1. The fourth-order valence-electron chi connectivity index (χ4n) is 2.39. The van der Waals surface area contributed by atoms with Crippen LogP contribution in [0.1, 0.15) is 37.8 Å². The Hall–Kier alpha value is -1.16. The predicted molar refractivity (Wildman–Crippen MR) is 64.7 cm³/mol. The summed E-state index contributed by atoms with van der Waals surface area (Å²) in [7, 11) is 3.62. The summed E-state index contributed by atoms with van der Waals surface area (Å²) in [4.78, 5) is 11.9. The van der Waals surface area contributed by atoms with Gasteiger partial charge in [-0.15, -0.1) is 0 Å². The Morgan fingerprint density at radius 1 is 1.59 bits per heavy atom. The number of hydrogen-bond donors (Lipinski definition) is 0. The average Bonchev–Trinajstić information content (AvgIpc) is 2.67. The molecule has 0 spiro atoms. The highest BCUT2D eigenvalue weighted by Crippen LogP contribution is 2.38. The number of carbonyl (C=O) groups is 1. The maximum atomic E-state index is 11.9. The molecule has 1 fully saturated rings. The monoisotopic (exact) mass is 236 g/mol. The summed E-state index contributed by atoms with van der Waals surface area (Å²) in [5, 5.41) is 4.09. The van der Waals surface area contributed by atoms with Crippen LogP contribution in [0.4, 0.5) is 0 Å². The molecule has 1 aromatic rings. The second-order valence-electron chi connectivity index (χ2n) is 4.90. The quantitative estimate of drug-likeness (QED) is 0.757. The van der Waals surface area contributed by atoms with Gasteiger partial charge in [0, 0.05) is 38.9 Å². The molecule has 0 bridgehead atoms. The minimum atomic E-state index is -0.135. The second kappa shape index (κ2) is 5.00. The topological polar surface area (TPSA) is 44.1 Å². The number of ketones is 1. The fourth-order valence-corrected chi connectivity index (χ4v) is 2.39. The van der Waals surface area contributed by atoms with E-state index in [1.165, 1.54) is 6.42 Å². The van der Waals surface area contributed by atoms with Crippen molar-refractivity contribution >= 4 is 5.78 Å². The smallest absolute Gasteiger partial charge is 0.136 e. The van der Waals surface area contributed by atoms with E-state index < -0.39 is 0 Å². The van der Waals surface area contributed by atoms with E-state index in [9.17, 15) is 4.79 Å². The summed E-state index contributed by atoms with van der Waals surface area (Å²) < 4.78 is 7.29. The highest BCUT2D eigenvalue weighted by Gasteiger charge is 2.38. The Balaban J connectivity index is 1.80. The zero-order valence-corrected chi connectivity index (χ0v) is 10.6. The SMILES string of the molecule is COC1(CC(=O)CCc2ccnn2C)CCC1. The van der Waals surface area contributed by atoms with E-state index >= 15 is 0 Å². The van der Waals surface area contributed by atoms with Crippen LogP contribution in [0.2, 0.25) is 0 Å². The lowest BCUT2D eigenvalue weighted by Gasteiger charge is -2.40. The number of ether oxygens (including phenoxy) is 1. The first-order valence-electron chi connectivity index (χ1n) is 6.19. The second-order valence-corrected chi connectivity index (χ2v) is 4.90. The summed E-state index contributed by atoms with van der Waals surface area (Å²) in [5.74, 6) is 0.299. The maximum absolute atomic E-state index is 11.9. The minimum absolute atomic E-state index is 0.135. The molecule has 1 aliphatic carbocycles. The summed E-state index contributed by atoms with van der Waals surface area (Å²) in [6, 6.07) is 1.96. The normalized spacial score (nSPS) is 17.8. The van der Waals surface area contributed by atoms with E-state index in [4.69, 9.17) is 4.74 Å². The zero-order chi connectivity index (χ0) is 12.3. The molecule has 0 N–H and O–H groups in total. The Bertz CT molecular complexity index is 388. The summed E-state index contributed by atoms with van der Waals surface area (Å²) in [5.41, 5.74) is 0.974. The van der Waals surface area contributed by atoms with Gasteiger partial charge in [-0.3, -0.25) is 9.48 Å². The number of methoxy groups -OCH3 is 1. The van der Waals surface area contributed by atoms with Crippen molar-refractivity contribution in [3.63, 3.8) is 0 Å². The van der Waals surface area contributed by atoms with Crippen molar-refractivity contribution in [3.05, 3.63) is 18.0 Å². The van der Waals surface area contributed by atoms with Gasteiger partial charge in [0.05, 0.1) is 5.60 Å². The van der Waals surface area contributed by atoms with Gasteiger partial charge in [-0.2, -0.15) is 5.10 Å². The number of rotatable bonds is 6. The van der Waals surface area contributed by atoms with Gasteiger partial charge in [0.1, 0.15) is 5.78 Å². The molecule has 94 valence electrons. The lowest BCUT2D eigenvalue weighted by molar-refractivity contribution is -0.132. The van der Waals surface area contributed by atoms with Crippen LogP contribution in [0.5, 0.6) is 0 Å². The van der Waals surface area contributed by atoms with Gasteiger partial charge in [-0.25, -0.2) is 0 Å². The third-order valence-electron chi connectivity index (χ3n) is 3.80. The largest absolute Gasteiger partial charge is 0.378 e. The van der Waals surface area contributed by atoms with Gasteiger partial charge in [0.2, 0.25) is 0 Å². The van der Waals surface area contributed by atoms with Crippen LogP contribution in [0.25, 0.3) is 0 Å². The van der Waals surface area contributed by atoms with Crippen molar-refractivity contribution in [2.75, 3.05) is 7.11 Å². The van der Waals surface area contributed by atoms with E-state index in [-0.39, 0.29) is 5.60 Å². The molecule has 0 unspecified atom stereocenters. The minimum Gasteiger partial charge on any atom is -0.378 e.